The van der Waals surface area contributed by atoms with Gasteiger partial charge in [0.1, 0.15) is 16.5 Å². The number of aromatic hydroxyl groups is 2. The number of phenolic OH excluding ortho intramolecular Hbond substituents is 2. The summed E-state index contributed by atoms with van der Waals surface area (Å²) in [6.45, 7) is 6.92. The zero-order valence-electron chi connectivity index (χ0n) is 19.3. The Bertz CT molecular complexity index is 905. The molecule has 3 rings (SSSR count). The van der Waals surface area contributed by atoms with Crippen molar-refractivity contribution in [2.75, 3.05) is 32.6 Å². The van der Waals surface area contributed by atoms with Crippen LogP contribution in [0.1, 0.15) is 49.3 Å². The summed E-state index contributed by atoms with van der Waals surface area (Å²) in [4.78, 5) is 2.87. The number of rotatable bonds is 8. The topological polar surface area (TPSA) is 74.2 Å². The summed E-state index contributed by atoms with van der Waals surface area (Å²) in [5.74, 6) is 0.615. The maximum absolute atomic E-state index is 10.2. The molecule has 32 heavy (non-hydrogen) atoms. The van der Waals surface area contributed by atoms with Crippen molar-refractivity contribution in [3.63, 3.8) is 0 Å². The van der Waals surface area contributed by atoms with Gasteiger partial charge < -0.3 is 25.0 Å². The summed E-state index contributed by atoms with van der Waals surface area (Å²) in [6, 6.07) is 11.3. The number of ether oxygens (including phenoxy) is 2. The predicted octanol–water partition coefficient (Wildman–Crippen LogP) is 4.84. The summed E-state index contributed by atoms with van der Waals surface area (Å²) in [6.07, 6.45) is 2.01. The van der Waals surface area contributed by atoms with Gasteiger partial charge >= 0.3 is 0 Å². The second-order valence-electron chi connectivity index (χ2n) is 8.69. The first-order valence-corrected chi connectivity index (χ1v) is 11.5. The normalized spacial score (nSPS) is 15.4. The van der Waals surface area contributed by atoms with E-state index in [4.69, 9.17) is 21.7 Å². The summed E-state index contributed by atoms with van der Waals surface area (Å²) < 4.78 is 10.8. The second kappa shape index (κ2) is 11.1. The number of methoxy groups -OCH3 is 2. The fourth-order valence-corrected chi connectivity index (χ4v) is 4.53. The van der Waals surface area contributed by atoms with E-state index in [1.807, 2.05) is 26.0 Å². The van der Waals surface area contributed by atoms with Crippen molar-refractivity contribution in [3.8, 4) is 11.5 Å². The molecule has 1 saturated heterocycles. The van der Waals surface area contributed by atoms with Crippen molar-refractivity contribution < 1.29 is 19.7 Å². The Kier molecular flexibility index (Phi) is 8.48. The van der Waals surface area contributed by atoms with E-state index >= 15 is 0 Å². The van der Waals surface area contributed by atoms with Gasteiger partial charge in [0.15, 0.2) is 6.29 Å². The average molecular weight is 459 g/mol. The van der Waals surface area contributed by atoms with Crippen LogP contribution in [0, 0.1) is 5.92 Å². The van der Waals surface area contributed by atoms with E-state index in [0.29, 0.717) is 16.5 Å². The number of benzene rings is 2. The highest BCUT2D eigenvalue weighted by atomic mass is 32.1. The van der Waals surface area contributed by atoms with Crippen molar-refractivity contribution in [2.24, 2.45) is 5.92 Å². The number of likely N-dealkylation sites (tertiary alicyclic amines) is 1. The van der Waals surface area contributed by atoms with Crippen molar-refractivity contribution in [3.05, 3.63) is 53.1 Å². The molecule has 2 aromatic rings. The highest BCUT2D eigenvalue weighted by Crippen LogP contribution is 2.33. The van der Waals surface area contributed by atoms with E-state index in [-0.39, 0.29) is 23.7 Å². The Labute approximate surface area is 196 Å². The Morgan fingerprint density at radius 1 is 1.06 bits per heavy atom. The molecule has 7 heteroatoms. The van der Waals surface area contributed by atoms with Gasteiger partial charge in [-0.25, -0.2) is 0 Å². The number of nitrogens with zero attached hydrogens (tertiary/aromatic N) is 1. The first kappa shape index (κ1) is 24.5. The second-order valence-corrected chi connectivity index (χ2v) is 9.10. The molecule has 0 atom stereocenters. The Morgan fingerprint density at radius 3 is 2.25 bits per heavy atom. The predicted molar refractivity (Wildman–Crippen MR) is 131 cm³/mol. The molecule has 1 aliphatic rings. The van der Waals surface area contributed by atoms with Crippen LogP contribution in [0.5, 0.6) is 11.5 Å². The molecule has 0 bridgehead atoms. The number of hydrogen-bond donors (Lipinski definition) is 3. The summed E-state index contributed by atoms with van der Waals surface area (Å²) >= 11 is 5.51. The van der Waals surface area contributed by atoms with Gasteiger partial charge in [-0.1, -0.05) is 38.2 Å². The van der Waals surface area contributed by atoms with Crippen molar-refractivity contribution in [2.45, 2.75) is 45.4 Å². The lowest BCUT2D eigenvalue weighted by atomic mass is 9.95. The van der Waals surface area contributed by atoms with Gasteiger partial charge in [0.2, 0.25) is 0 Å². The van der Waals surface area contributed by atoms with Crippen molar-refractivity contribution in [1.82, 2.24) is 4.90 Å². The van der Waals surface area contributed by atoms with Crippen LogP contribution < -0.4 is 5.32 Å². The maximum Gasteiger partial charge on any atom is 0.159 e. The smallest absolute Gasteiger partial charge is 0.159 e. The lowest BCUT2D eigenvalue weighted by molar-refractivity contribution is -0.147. The van der Waals surface area contributed by atoms with E-state index in [1.54, 1.807) is 20.3 Å². The molecule has 2 aromatic carbocycles. The molecule has 0 aromatic heterocycles. The minimum atomic E-state index is -0.115. The van der Waals surface area contributed by atoms with E-state index in [0.717, 1.165) is 43.7 Å². The minimum Gasteiger partial charge on any atom is -0.508 e. The summed E-state index contributed by atoms with van der Waals surface area (Å²) in [7, 11) is 3.40. The molecular weight excluding hydrogens is 424 g/mol. The maximum atomic E-state index is 10.2. The van der Waals surface area contributed by atoms with Crippen molar-refractivity contribution >= 4 is 22.9 Å². The zero-order valence-corrected chi connectivity index (χ0v) is 20.1. The Balaban J connectivity index is 1.58. The third-order valence-corrected chi connectivity index (χ3v) is 6.43. The Hall–Kier alpha value is -2.19. The molecule has 0 amide bonds. The van der Waals surface area contributed by atoms with Gasteiger partial charge in [0.25, 0.3) is 0 Å². The lowest BCUT2D eigenvalue weighted by Gasteiger charge is -2.34. The van der Waals surface area contributed by atoms with E-state index < -0.39 is 0 Å². The number of hydrogen-bond acceptors (Lipinski definition) is 6. The van der Waals surface area contributed by atoms with Crippen LogP contribution in [-0.4, -0.2) is 53.7 Å². The average Bonchev–Trinajstić information content (AvgIpc) is 2.77. The number of thiocarbonyl (C=S) groups is 1. The molecule has 1 heterocycles. The minimum absolute atomic E-state index is 0.0337. The molecule has 0 spiro atoms. The van der Waals surface area contributed by atoms with Gasteiger partial charge in [0.05, 0.1) is 5.56 Å². The number of nitrogens with one attached hydrogen (secondary N) is 1. The van der Waals surface area contributed by atoms with Crippen LogP contribution in [0.4, 0.5) is 5.69 Å². The molecule has 0 radical (unpaired) electrons. The van der Waals surface area contributed by atoms with Gasteiger partial charge in [-0.2, -0.15) is 0 Å². The SMILES string of the molecule is COC(OC)C1CCN(Cc2ccc(NC(=S)c3cc(C(C)C)c(O)cc3O)cc2)CC1. The van der Waals surface area contributed by atoms with Gasteiger partial charge in [-0.15, -0.1) is 0 Å². The monoisotopic (exact) mass is 458 g/mol. The Morgan fingerprint density at radius 2 is 1.69 bits per heavy atom. The molecule has 0 unspecified atom stereocenters. The quantitative estimate of drug-likeness (QED) is 0.386. The van der Waals surface area contributed by atoms with E-state index in [9.17, 15) is 10.2 Å². The van der Waals surface area contributed by atoms with Crippen LogP contribution in [0.3, 0.4) is 0 Å². The van der Waals surface area contributed by atoms with E-state index in [1.165, 1.54) is 11.6 Å². The van der Waals surface area contributed by atoms with Crippen LogP contribution >= 0.6 is 12.2 Å². The molecule has 0 aliphatic carbocycles. The summed E-state index contributed by atoms with van der Waals surface area (Å²) in [5, 5.41) is 23.5. The fraction of sp³-hybridized carbons (Fsp3) is 0.480. The molecule has 3 N–H and O–H groups in total. The fourth-order valence-electron chi connectivity index (χ4n) is 4.25. The first-order chi connectivity index (χ1) is 15.3. The van der Waals surface area contributed by atoms with Gasteiger partial charge in [-0.3, -0.25) is 4.90 Å². The first-order valence-electron chi connectivity index (χ1n) is 11.1. The highest BCUT2D eigenvalue weighted by molar-refractivity contribution is 7.81. The molecular formula is C25H34N2O4S. The van der Waals surface area contributed by atoms with Gasteiger partial charge in [-0.05, 0) is 61.2 Å². The lowest BCUT2D eigenvalue weighted by Crippen LogP contribution is -2.38. The molecule has 1 fully saturated rings. The standard InChI is InChI=1S/C25H34N2O4S/c1-16(2)20-13-21(23(29)14-22(20)28)24(32)26-19-7-5-17(6-8-19)15-27-11-9-18(10-12-27)25(30-3)31-4/h5-8,13-14,16,18,25,28-29H,9-12,15H2,1-4H3,(H,26,32). The highest BCUT2D eigenvalue weighted by Gasteiger charge is 2.26. The van der Waals surface area contributed by atoms with Crippen molar-refractivity contribution in [1.29, 1.82) is 0 Å². The molecule has 6 nitrogen and oxygen atoms in total. The molecule has 0 saturated carbocycles. The zero-order chi connectivity index (χ0) is 23.3. The van der Waals surface area contributed by atoms with Gasteiger partial charge in [0, 0.05) is 38.4 Å². The molecule has 174 valence electrons. The number of phenols is 2. The largest absolute Gasteiger partial charge is 0.508 e. The van der Waals surface area contributed by atoms with Crippen LogP contribution in [0.2, 0.25) is 0 Å². The van der Waals surface area contributed by atoms with Crippen LogP contribution in [-0.2, 0) is 16.0 Å². The van der Waals surface area contributed by atoms with E-state index in [2.05, 4.69) is 22.3 Å². The third kappa shape index (κ3) is 5.98. The summed E-state index contributed by atoms with van der Waals surface area (Å²) in [5.41, 5.74) is 3.37. The molecule has 1 aliphatic heterocycles. The third-order valence-electron chi connectivity index (χ3n) is 6.11. The van der Waals surface area contributed by atoms with Crippen LogP contribution in [0.15, 0.2) is 36.4 Å². The number of anilines is 1. The number of piperidine rings is 1. The van der Waals surface area contributed by atoms with Crippen LogP contribution in [0.25, 0.3) is 0 Å².